The molecule has 2 amide bonds. The van der Waals surface area contributed by atoms with Gasteiger partial charge in [-0.3, -0.25) is 9.59 Å². The molecule has 0 unspecified atom stereocenters. The van der Waals surface area contributed by atoms with E-state index in [4.69, 9.17) is 10.5 Å². The Morgan fingerprint density at radius 2 is 1.52 bits per heavy atom. The average Bonchev–Trinajstić information content (AvgIpc) is 3.00. The van der Waals surface area contributed by atoms with E-state index in [9.17, 15) is 19.5 Å². The lowest BCUT2D eigenvalue weighted by Crippen LogP contribution is -2.50. The summed E-state index contributed by atoms with van der Waals surface area (Å²) >= 11 is 0. The van der Waals surface area contributed by atoms with Crippen molar-refractivity contribution in [2.75, 3.05) is 13.7 Å². The third-order valence-corrected chi connectivity index (χ3v) is 6.97. The number of aromatic nitrogens is 2. The highest BCUT2D eigenvalue weighted by Gasteiger charge is 2.25. The van der Waals surface area contributed by atoms with Crippen LogP contribution in [0.15, 0.2) is 60.9 Å². The van der Waals surface area contributed by atoms with E-state index in [1.165, 1.54) is 25.7 Å². The number of likely N-dealkylation sites (N-methyl/N-ethyl adjacent to an activating group) is 1. The van der Waals surface area contributed by atoms with E-state index >= 15 is 0 Å². The number of benzene rings is 2. The fourth-order valence-corrected chi connectivity index (χ4v) is 4.43. The van der Waals surface area contributed by atoms with Crippen LogP contribution >= 0.6 is 0 Å². The number of nitrogens with two attached hydrogens (primary N) is 1. The average molecular weight is 576 g/mol. The molecule has 0 aliphatic carbocycles. The maximum absolute atomic E-state index is 12.7. The molecular formula is C32H41N5O5. The second-order valence-electron chi connectivity index (χ2n) is 10.2. The molecule has 10 heteroatoms. The first-order valence-electron chi connectivity index (χ1n) is 14.4. The summed E-state index contributed by atoms with van der Waals surface area (Å²) in [7, 11) is 1.63. The van der Waals surface area contributed by atoms with Crippen LogP contribution in [0.25, 0.3) is 22.5 Å². The van der Waals surface area contributed by atoms with Gasteiger partial charge in [0, 0.05) is 29.9 Å². The third kappa shape index (κ3) is 10.3. The summed E-state index contributed by atoms with van der Waals surface area (Å²) in [6.45, 7) is 2.94. The van der Waals surface area contributed by atoms with E-state index in [1.807, 2.05) is 48.5 Å². The molecule has 1 aromatic heterocycles. The Hall–Kier alpha value is -4.31. The largest absolute Gasteiger partial charge is 0.494 e. The number of amides is 2. The molecular weight excluding hydrogens is 534 g/mol. The second kappa shape index (κ2) is 16.8. The lowest BCUT2D eigenvalue weighted by Gasteiger charge is -2.20. The maximum Gasteiger partial charge on any atom is 0.326 e. The summed E-state index contributed by atoms with van der Waals surface area (Å²) in [5.74, 6) is -0.879. The topological polar surface area (TPSA) is 157 Å². The Bertz CT molecular complexity index is 1280. The lowest BCUT2D eigenvalue weighted by molar-refractivity contribution is -0.142. The van der Waals surface area contributed by atoms with Crippen molar-refractivity contribution in [2.45, 2.75) is 70.4 Å². The van der Waals surface area contributed by atoms with Gasteiger partial charge in [-0.15, -0.1) is 0 Å². The number of ether oxygens (including phenoxy) is 1. The van der Waals surface area contributed by atoms with Gasteiger partial charge in [-0.2, -0.15) is 0 Å². The van der Waals surface area contributed by atoms with Crippen molar-refractivity contribution in [1.82, 2.24) is 20.6 Å². The molecule has 10 nitrogen and oxygen atoms in total. The van der Waals surface area contributed by atoms with Gasteiger partial charge in [0.05, 0.1) is 12.6 Å². The van der Waals surface area contributed by atoms with Gasteiger partial charge < -0.3 is 26.2 Å². The van der Waals surface area contributed by atoms with Crippen LogP contribution in [0.2, 0.25) is 0 Å². The number of hydrogen-bond acceptors (Lipinski definition) is 7. The molecule has 0 saturated heterocycles. The van der Waals surface area contributed by atoms with E-state index in [1.54, 1.807) is 19.4 Å². The fraction of sp³-hybridized carbons (Fsp3) is 0.406. The molecule has 2 atom stereocenters. The number of nitrogens with zero attached hydrogens (tertiary/aromatic N) is 2. The van der Waals surface area contributed by atoms with Crippen LogP contribution in [-0.2, 0) is 20.8 Å². The summed E-state index contributed by atoms with van der Waals surface area (Å²) in [6, 6.07) is 13.6. The van der Waals surface area contributed by atoms with Crippen molar-refractivity contribution in [3.05, 3.63) is 66.5 Å². The Kier molecular flexibility index (Phi) is 12.9. The molecule has 0 radical (unpaired) electrons. The van der Waals surface area contributed by atoms with Gasteiger partial charge in [-0.05, 0) is 49.6 Å². The first-order valence-corrected chi connectivity index (χ1v) is 14.4. The Morgan fingerprint density at radius 3 is 2.12 bits per heavy atom. The molecule has 0 aliphatic heterocycles. The maximum atomic E-state index is 12.7. The molecule has 3 aromatic rings. The molecule has 0 bridgehead atoms. The van der Waals surface area contributed by atoms with E-state index < -0.39 is 29.9 Å². The van der Waals surface area contributed by atoms with Gasteiger partial charge in [0.25, 0.3) is 0 Å². The number of carbonyl (C=O) groups is 3. The van der Waals surface area contributed by atoms with Gasteiger partial charge in [0.15, 0.2) is 5.82 Å². The molecule has 3 rings (SSSR count). The molecule has 5 N–H and O–H groups in total. The summed E-state index contributed by atoms with van der Waals surface area (Å²) in [5, 5.41) is 14.8. The van der Waals surface area contributed by atoms with Crippen molar-refractivity contribution in [3.8, 4) is 28.3 Å². The molecule has 0 aliphatic rings. The molecule has 2 aromatic carbocycles. The highest BCUT2D eigenvalue weighted by Crippen LogP contribution is 2.23. The van der Waals surface area contributed by atoms with Crippen LogP contribution in [0.3, 0.4) is 0 Å². The van der Waals surface area contributed by atoms with Crippen LogP contribution in [-0.4, -0.2) is 58.6 Å². The van der Waals surface area contributed by atoms with Crippen LogP contribution in [0.4, 0.5) is 0 Å². The standard InChI is InChI=1S/C32H41N5O5/c1-3-4-5-6-7-18-42-26-14-12-23(13-15-26)25-20-35-30(36-21-25)24-10-8-22(9-11-24)19-28(34-2)31(39)37-27(32(40)41)16-17-29(33)38/h8-15,20-21,27-28,34H,3-7,16-19H2,1-2H3,(H2,33,38)(H,37,39)(H,40,41)/t27-,28-/m0/s1. The minimum absolute atomic E-state index is 0.0701. The molecule has 42 heavy (non-hydrogen) atoms. The zero-order valence-corrected chi connectivity index (χ0v) is 24.3. The fourth-order valence-electron chi connectivity index (χ4n) is 4.43. The number of unbranched alkanes of at least 4 members (excludes halogenated alkanes) is 4. The van der Waals surface area contributed by atoms with Crippen molar-refractivity contribution < 1.29 is 24.2 Å². The van der Waals surface area contributed by atoms with E-state index in [-0.39, 0.29) is 12.8 Å². The number of carbonyl (C=O) groups excluding carboxylic acids is 2. The molecule has 0 spiro atoms. The Labute approximate surface area is 247 Å². The third-order valence-electron chi connectivity index (χ3n) is 6.97. The number of carboxylic acids is 1. The van der Waals surface area contributed by atoms with Crippen LogP contribution in [0.1, 0.15) is 57.4 Å². The van der Waals surface area contributed by atoms with Crippen molar-refractivity contribution in [3.63, 3.8) is 0 Å². The first kappa shape index (κ1) is 32.2. The zero-order chi connectivity index (χ0) is 30.3. The number of hydrogen-bond donors (Lipinski definition) is 4. The van der Waals surface area contributed by atoms with Gasteiger partial charge in [0.2, 0.25) is 11.8 Å². The molecule has 0 fully saturated rings. The minimum Gasteiger partial charge on any atom is -0.494 e. The van der Waals surface area contributed by atoms with E-state index in [0.717, 1.165) is 41.0 Å². The molecule has 224 valence electrons. The number of nitrogens with one attached hydrogen (secondary N) is 2. The molecule has 0 saturated carbocycles. The minimum atomic E-state index is -1.22. The Balaban J connectivity index is 1.55. The highest BCUT2D eigenvalue weighted by molar-refractivity contribution is 5.87. The number of carboxylic acid groups (broad SMARTS) is 1. The van der Waals surface area contributed by atoms with Gasteiger partial charge in [-0.1, -0.05) is 69.0 Å². The number of rotatable bonds is 18. The first-order chi connectivity index (χ1) is 20.3. The van der Waals surface area contributed by atoms with Crippen LogP contribution < -0.4 is 21.1 Å². The molecule has 1 heterocycles. The smallest absolute Gasteiger partial charge is 0.326 e. The SMILES string of the molecule is CCCCCCCOc1ccc(-c2cnc(-c3ccc(C[C@H](NC)C(=O)N[C@@H](CCC(N)=O)C(=O)O)cc3)nc2)cc1. The van der Waals surface area contributed by atoms with E-state index in [2.05, 4.69) is 27.5 Å². The van der Waals surface area contributed by atoms with Gasteiger partial charge >= 0.3 is 5.97 Å². The van der Waals surface area contributed by atoms with Crippen molar-refractivity contribution in [1.29, 1.82) is 0 Å². The van der Waals surface area contributed by atoms with Crippen LogP contribution in [0, 0.1) is 0 Å². The predicted molar refractivity (Wildman–Crippen MR) is 162 cm³/mol. The van der Waals surface area contributed by atoms with Gasteiger partial charge in [-0.25, -0.2) is 14.8 Å². The summed E-state index contributed by atoms with van der Waals surface area (Å²) in [6.07, 6.45) is 9.75. The predicted octanol–water partition coefficient (Wildman–Crippen LogP) is 4.13. The monoisotopic (exact) mass is 575 g/mol. The quantitative estimate of drug-likeness (QED) is 0.165. The summed E-state index contributed by atoms with van der Waals surface area (Å²) in [4.78, 5) is 44.3. The lowest BCUT2D eigenvalue weighted by atomic mass is 10.0. The second-order valence-corrected chi connectivity index (χ2v) is 10.2. The van der Waals surface area contributed by atoms with Gasteiger partial charge in [0.1, 0.15) is 11.8 Å². The Morgan fingerprint density at radius 1 is 0.881 bits per heavy atom. The van der Waals surface area contributed by atoms with Crippen molar-refractivity contribution in [2.24, 2.45) is 5.73 Å². The number of aliphatic carboxylic acids is 1. The highest BCUT2D eigenvalue weighted by atomic mass is 16.5. The summed E-state index contributed by atoms with van der Waals surface area (Å²) in [5.41, 5.74) is 8.72. The van der Waals surface area contributed by atoms with Crippen LogP contribution in [0.5, 0.6) is 5.75 Å². The number of primary amides is 1. The zero-order valence-electron chi connectivity index (χ0n) is 24.3. The van der Waals surface area contributed by atoms with Crippen molar-refractivity contribution >= 4 is 17.8 Å². The van der Waals surface area contributed by atoms with E-state index in [0.29, 0.717) is 12.2 Å². The summed E-state index contributed by atoms with van der Waals surface area (Å²) < 4.78 is 5.86. The normalized spacial score (nSPS) is 12.3.